The highest BCUT2D eigenvalue weighted by atomic mass is 16.3. The fraction of sp³-hybridized carbons (Fsp3) is 0.867. The summed E-state index contributed by atoms with van der Waals surface area (Å²) < 4.78 is 0. The Morgan fingerprint density at radius 2 is 1.56 bits per heavy atom. The highest BCUT2D eigenvalue weighted by molar-refractivity contribution is 5.05. The minimum Gasteiger partial charge on any atom is -0.396 e. The molecule has 0 radical (unpaired) electrons. The van der Waals surface area contributed by atoms with Crippen molar-refractivity contribution in [2.24, 2.45) is 5.92 Å². The maximum Gasteiger partial charge on any atom is 0.0493 e. The highest BCUT2D eigenvalue weighted by Gasteiger charge is 2.07. The lowest BCUT2D eigenvalue weighted by Crippen LogP contribution is -2.05. The van der Waals surface area contributed by atoms with Gasteiger partial charge in [-0.2, -0.15) is 0 Å². The lowest BCUT2D eigenvalue weighted by atomic mass is 9.93. The zero-order valence-electron chi connectivity index (χ0n) is 10.9. The standard InChI is InChI=1S/C15H28O/c1-14(13-16)15-11-9-7-5-3-2-4-6-8-10-12-15/h11,14,16H,2-10,12-13H2,1H3/b15-11-. The second-order valence-corrected chi connectivity index (χ2v) is 5.23. The molecule has 1 aliphatic rings. The molecule has 1 rings (SSSR count). The number of hydrogen-bond acceptors (Lipinski definition) is 1. The minimum absolute atomic E-state index is 0.311. The van der Waals surface area contributed by atoms with Crippen LogP contribution in [0.15, 0.2) is 11.6 Å². The smallest absolute Gasteiger partial charge is 0.0493 e. The highest BCUT2D eigenvalue weighted by Crippen LogP contribution is 2.21. The fourth-order valence-corrected chi connectivity index (χ4v) is 2.49. The minimum atomic E-state index is 0.311. The third kappa shape index (κ3) is 5.69. The number of hydrogen-bond donors (Lipinski definition) is 1. The van der Waals surface area contributed by atoms with E-state index in [1.165, 1.54) is 69.8 Å². The van der Waals surface area contributed by atoms with Crippen molar-refractivity contribution in [3.63, 3.8) is 0 Å². The van der Waals surface area contributed by atoms with Crippen LogP contribution in [-0.4, -0.2) is 11.7 Å². The summed E-state index contributed by atoms with van der Waals surface area (Å²) in [4.78, 5) is 0. The van der Waals surface area contributed by atoms with Crippen LogP contribution in [0.5, 0.6) is 0 Å². The molecule has 1 atom stereocenters. The molecule has 0 aromatic carbocycles. The van der Waals surface area contributed by atoms with Crippen molar-refractivity contribution in [1.29, 1.82) is 0 Å². The second kappa shape index (κ2) is 8.81. The van der Waals surface area contributed by atoms with Gasteiger partial charge in [-0.1, -0.05) is 57.1 Å². The van der Waals surface area contributed by atoms with E-state index in [1.54, 1.807) is 0 Å². The molecule has 1 heteroatoms. The first-order chi connectivity index (χ1) is 7.84. The van der Waals surface area contributed by atoms with Gasteiger partial charge in [0.2, 0.25) is 0 Å². The van der Waals surface area contributed by atoms with Gasteiger partial charge in [-0.05, 0) is 25.7 Å². The number of aliphatic hydroxyl groups excluding tert-OH is 1. The summed E-state index contributed by atoms with van der Waals surface area (Å²) in [7, 11) is 0. The van der Waals surface area contributed by atoms with Crippen LogP contribution in [-0.2, 0) is 0 Å². The van der Waals surface area contributed by atoms with Gasteiger partial charge in [0.1, 0.15) is 0 Å². The molecule has 1 aliphatic carbocycles. The molecule has 0 aromatic heterocycles. The second-order valence-electron chi connectivity index (χ2n) is 5.23. The number of aliphatic hydroxyl groups is 1. The van der Waals surface area contributed by atoms with Gasteiger partial charge < -0.3 is 5.11 Å². The Bertz CT molecular complexity index is 196. The maximum atomic E-state index is 9.23. The Balaban J connectivity index is 2.43. The van der Waals surface area contributed by atoms with Crippen molar-refractivity contribution in [1.82, 2.24) is 0 Å². The van der Waals surface area contributed by atoms with Gasteiger partial charge in [-0.15, -0.1) is 0 Å². The first-order valence-electron chi connectivity index (χ1n) is 7.14. The average Bonchev–Trinajstić information content (AvgIpc) is 2.29. The predicted molar refractivity (Wildman–Crippen MR) is 70.5 cm³/mol. The summed E-state index contributed by atoms with van der Waals surface area (Å²) in [6.07, 6.45) is 15.9. The first kappa shape index (κ1) is 13.8. The van der Waals surface area contributed by atoms with E-state index < -0.39 is 0 Å². The lowest BCUT2D eigenvalue weighted by molar-refractivity contribution is 0.253. The van der Waals surface area contributed by atoms with Crippen molar-refractivity contribution in [2.75, 3.05) is 6.61 Å². The van der Waals surface area contributed by atoms with E-state index in [1.807, 2.05) is 0 Å². The molecule has 0 aliphatic heterocycles. The average molecular weight is 224 g/mol. The Morgan fingerprint density at radius 1 is 1.00 bits per heavy atom. The van der Waals surface area contributed by atoms with E-state index in [0.717, 1.165) is 0 Å². The van der Waals surface area contributed by atoms with Crippen molar-refractivity contribution < 1.29 is 5.11 Å². The van der Waals surface area contributed by atoms with Gasteiger partial charge >= 0.3 is 0 Å². The fourth-order valence-electron chi connectivity index (χ4n) is 2.49. The van der Waals surface area contributed by atoms with Crippen molar-refractivity contribution in [2.45, 2.75) is 71.1 Å². The number of rotatable bonds is 2. The molecule has 0 aromatic rings. The predicted octanol–water partition coefficient (Wildman–Crippen LogP) is 4.46. The Morgan fingerprint density at radius 3 is 2.19 bits per heavy atom. The van der Waals surface area contributed by atoms with Crippen LogP contribution in [0.4, 0.5) is 0 Å². The molecule has 0 saturated carbocycles. The molecular formula is C15H28O. The quantitative estimate of drug-likeness (QED) is 0.687. The van der Waals surface area contributed by atoms with Gasteiger partial charge in [-0.3, -0.25) is 0 Å². The third-order valence-electron chi connectivity index (χ3n) is 3.73. The van der Waals surface area contributed by atoms with E-state index in [-0.39, 0.29) is 0 Å². The molecule has 94 valence electrons. The largest absolute Gasteiger partial charge is 0.396 e. The van der Waals surface area contributed by atoms with Crippen molar-refractivity contribution in [3.8, 4) is 0 Å². The molecule has 0 spiro atoms. The van der Waals surface area contributed by atoms with Gasteiger partial charge in [0.05, 0.1) is 0 Å². The van der Waals surface area contributed by atoms with Crippen LogP contribution >= 0.6 is 0 Å². The van der Waals surface area contributed by atoms with Crippen LogP contribution in [0.25, 0.3) is 0 Å². The summed E-state index contributed by atoms with van der Waals surface area (Å²) in [5.74, 6) is 0.378. The van der Waals surface area contributed by atoms with Gasteiger partial charge in [-0.25, -0.2) is 0 Å². The van der Waals surface area contributed by atoms with E-state index in [9.17, 15) is 5.11 Å². The van der Waals surface area contributed by atoms with E-state index >= 15 is 0 Å². The summed E-state index contributed by atoms with van der Waals surface area (Å²) in [5.41, 5.74) is 1.50. The van der Waals surface area contributed by atoms with Crippen LogP contribution < -0.4 is 0 Å². The summed E-state index contributed by atoms with van der Waals surface area (Å²) >= 11 is 0. The van der Waals surface area contributed by atoms with Crippen LogP contribution in [0.1, 0.15) is 71.1 Å². The molecule has 1 unspecified atom stereocenters. The molecule has 1 N–H and O–H groups in total. The van der Waals surface area contributed by atoms with Gasteiger partial charge in [0.25, 0.3) is 0 Å². The topological polar surface area (TPSA) is 20.2 Å². The van der Waals surface area contributed by atoms with Crippen LogP contribution in [0.3, 0.4) is 0 Å². The molecule has 0 amide bonds. The lowest BCUT2D eigenvalue weighted by Gasteiger charge is -2.14. The Labute approximate surface area is 101 Å². The van der Waals surface area contributed by atoms with Crippen LogP contribution in [0, 0.1) is 5.92 Å². The molecule has 1 nitrogen and oxygen atoms in total. The van der Waals surface area contributed by atoms with Crippen LogP contribution in [0.2, 0.25) is 0 Å². The third-order valence-corrected chi connectivity index (χ3v) is 3.73. The molecule has 16 heavy (non-hydrogen) atoms. The summed E-state index contributed by atoms with van der Waals surface area (Å²) in [6, 6.07) is 0. The monoisotopic (exact) mass is 224 g/mol. The van der Waals surface area contributed by atoms with Gasteiger partial charge in [0.15, 0.2) is 0 Å². The zero-order valence-corrected chi connectivity index (χ0v) is 10.9. The Hall–Kier alpha value is -0.300. The normalized spacial score (nSPS) is 26.0. The van der Waals surface area contributed by atoms with E-state index in [4.69, 9.17) is 0 Å². The SMILES string of the molecule is CC(CO)/C1=C\CCCCCCCCCC1. The molecule has 0 saturated heterocycles. The van der Waals surface area contributed by atoms with Gasteiger partial charge in [0, 0.05) is 12.5 Å². The first-order valence-corrected chi connectivity index (χ1v) is 7.14. The summed E-state index contributed by atoms with van der Waals surface area (Å²) in [6.45, 7) is 2.46. The summed E-state index contributed by atoms with van der Waals surface area (Å²) in [5, 5.41) is 9.23. The molecule has 0 fully saturated rings. The van der Waals surface area contributed by atoms with Crippen molar-refractivity contribution >= 4 is 0 Å². The van der Waals surface area contributed by atoms with Crippen molar-refractivity contribution in [3.05, 3.63) is 11.6 Å². The zero-order chi connectivity index (χ0) is 11.6. The van der Waals surface area contributed by atoms with E-state index in [0.29, 0.717) is 12.5 Å². The Kier molecular flexibility index (Phi) is 7.58. The molecule has 0 heterocycles. The number of allylic oxidation sites excluding steroid dienone is 1. The van der Waals surface area contributed by atoms with E-state index in [2.05, 4.69) is 13.0 Å². The maximum absolute atomic E-state index is 9.23. The molecular weight excluding hydrogens is 196 g/mol. The molecule has 0 bridgehead atoms.